The minimum atomic E-state index is -0.679. The number of ether oxygens (including phenoxy) is 1. The van der Waals surface area contributed by atoms with E-state index in [9.17, 15) is 9.90 Å². The molecule has 176 valence electrons. The SMILES string of the molecule is CC(=O)[C@H]1CCC2C3CCC4C[C@@](O)(COCc5ccccc5)CC[C@]4(C)C3CC[C@@]21C. The molecule has 0 saturated heterocycles. The number of benzene rings is 1. The Balaban J connectivity index is 1.25. The van der Waals surface area contributed by atoms with E-state index in [0.29, 0.717) is 30.3 Å². The van der Waals surface area contributed by atoms with E-state index in [4.69, 9.17) is 4.74 Å². The molecule has 0 spiro atoms. The number of carbonyl (C=O) groups excluding carboxylic acids is 1. The van der Waals surface area contributed by atoms with E-state index in [1.165, 1.54) is 37.7 Å². The van der Waals surface area contributed by atoms with Gasteiger partial charge in [-0.15, -0.1) is 0 Å². The molecule has 4 fully saturated rings. The van der Waals surface area contributed by atoms with Crippen LogP contribution in [0.3, 0.4) is 0 Å². The van der Waals surface area contributed by atoms with Crippen LogP contribution in [0.1, 0.15) is 84.1 Å². The van der Waals surface area contributed by atoms with E-state index in [0.717, 1.165) is 43.4 Å². The zero-order chi connectivity index (χ0) is 22.6. The van der Waals surface area contributed by atoms with Gasteiger partial charge in [-0.3, -0.25) is 4.79 Å². The van der Waals surface area contributed by atoms with Crippen LogP contribution >= 0.6 is 0 Å². The quantitative estimate of drug-likeness (QED) is 0.597. The number of ketones is 1. The lowest BCUT2D eigenvalue weighted by atomic mass is 9.44. The van der Waals surface area contributed by atoms with E-state index in [2.05, 4.69) is 26.0 Å². The molecule has 3 nitrogen and oxygen atoms in total. The normalized spacial score (nSPS) is 45.6. The summed E-state index contributed by atoms with van der Waals surface area (Å²) in [7, 11) is 0. The molecule has 1 N–H and O–H groups in total. The summed E-state index contributed by atoms with van der Waals surface area (Å²) in [5.41, 5.74) is 1.06. The molecule has 4 unspecified atom stereocenters. The summed E-state index contributed by atoms with van der Waals surface area (Å²) in [6, 6.07) is 10.3. The number of rotatable bonds is 5. The van der Waals surface area contributed by atoms with Crippen molar-refractivity contribution in [2.75, 3.05) is 6.61 Å². The molecule has 0 heterocycles. The average Bonchev–Trinajstić information content (AvgIpc) is 3.13. The molecular weight excluding hydrogens is 396 g/mol. The summed E-state index contributed by atoms with van der Waals surface area (Å²) in [5.74, 6) is 3.57. The number of hydrogen-bond acceptors (Lipinski definition) is 3. The Bertz CT molecular complexity index is 836. The van der Waals surface area contributed by atoms with Gasteiger partial charge in [-0.25, -0.2) is 0 Å². The topological polar surface area (TPSA) is 46.5 Å². The minimum Gasteiger partial charge on any atom is -0.387 e. The van der Waals surface area contributed by atoms with Crippen molar-refractivity contribution in [3.8, 4) is 0 Å². The maximum atomic E-state index is 12.4. The van der Waals surface area contributed by atoms with Crippen LogP contribution < -0.4 is 0 Å². The minimum absolute atomic E-state index is 0.233. The molecule has 4 saturated carbocycles. The summed E-state index contributed by atoms with van der Waals surface area (Å²) < 4.78 is 6.00. The van der Waals surface area contributed by atoms with Gasteiger partial charge in [-0.2, -0.15) is 0 Å². The molecule has 4 aliphatic carbocycles. The molecule has 4 aliphatic rings. The summed E-state index contributed by atoms with van der Waals surface area (Å²) >= 11 is 0. The van der Waals surface area contributed by atoms with Crippen LogP contribution in [0.15, 0.2) is 30.3 Å². The average molecular weight is 439 g/mol. The molecule has 5 rings (SSSR count). The first-order valence-electron chi connectivity index (χ1n) is 13.1. The highest BCUT2D eigenvalue weighted by Crippen LogP contribution is 2.68. The predicted octanol–water partition coefficient (Wildman–Crippen LogP) is 6.18. The molecule has 0 aliphatic heterocycles. The third-order valence-electron chi connectivity index (χ3n) is 10.8. The highest BCUT2D eigenvalue weighted by Gasteiger charge is 2.61. The van der Waals surface area contributed by atoms with Crippen molar-refractivity contribution in [1.29, 1.82) is 0 Å². The Hall–Kier alpha value is -1.19. The fourth-order valence-electron chi connectivity index (χ4n) is 9.05. The maximum absolute atomic E-state index is 12.4. The van der Waals surface area contributed by atoms with Crippen LogP contribution in [-0.4, -0.2) is 23.1 Å². The second kappa shape index (κ2) is 8.24. The smallest absolute Gasteiger partial charge is 0.133 e. The largest absolute Gasteiger partial charge is 0.387 e. The lowest BCUT2D eigenvalue weighted by Crippen LogP contribution is -2.56. The zero-order valence-corrected chi connectivity index (χ0v) is 20.3. The molecule has 0 radical (unpaired) electrons. The van der Waals surface area contributed by atoms with Gasteiger partial charge in [-0.05, 0) is 105 Å². The van der Waals surface area contributed by atoms with Gasteiger partial charge in [0.2, 0.25) is 0 Å². The Morgan fingerprint density at radius 2 is 1.72 bits per heavy atom. The van der Waals surface area contributed by atoms with Gasteiger partial charge >= 0.3 is 0 Å². The lowest BCUT2D eigenvalue weighted by Gasteiger charge is -2.62. The maximum Gasteiger partial charge on any atom is 0.133 e. The van der Waals surface area contributed by atoms with Gasteiger partial charge in [0.15, 0.2) is 0 Å². The van der Waals surface area contributed by atoms with Crippen molar-refractivity contribution in [3.05, 3.63) is 35.9 Å². The van der Waals surface area contributed by atoms with Crippen LogP contribution in [0.4, 0.5) is 0 Å². The van der Waals surface area contributed by atoms with Crippen LogP contribution in [-0.2, 0) is 16.1 Å². The Kier molecular flexibility index (Phi) is 5.82. The molecule has 1 aromatic carbocycles. The van der Waals surface area contributed by atoms with Gasteiger partial charge in [0.05, 0.1) is 18.8 Å². The van der Waals surface area contributed by atoms with Crippen molar-refractivity contribution < 1.29 is 14.6 Å². The number of Topliss-reactive ketones (excluding diaryl/α,β-unsaturated/α-hetero) is 1. The van der Waals surface area contributed by atoms with Crippen molar-refractivity contribution in [2.45, 2.75) is 90.8 Å². The molecule has 3 heteroatoms. The van der Waals surface area contributed by atoms with Gasteiger partial charge in [0.1, 0.15) is 5.78 Å². The van der Waals surface area contributed by atoms with Crippen molar-refractivity contribution >= 4 is 5.78 Å². The fraction of sp³-hybridized carbons (Fsp3) is 0.759. The third-order valence-corrected chi connectivity index (χ3v) is 10.8. The second-order valence-electron chi connectivity index (χ2n) is 12.3. The molecule has 32 heavy (non-hydrogen) atoms. The first-order valence-corrected chi connectivity index (χ1v) is 13.1. The van der Waals surface area contributed by atoms with Gasteiger partial charge in [0, 0.05) is 5.92 Å². The van der Waals surface area contributed by atoms with E-state index in [-0.39, 0.29) is 11.3 Å². The van der Waals surface area contributed by atoms with Crippen molar-refractivity contribution in [3.63, 3.8) is 0 Å². The number of carbonyl (C=O) groups is 1. The second-order valence-corrected chi connectivity index (χ2v) is 12.3. The fourth-order valence-corrected chi connectivity index (χ4v) is 9.05. The Morgan fingerprint density at radius 1 is 0.969 bits per heavy atom. The van der Waals surface area contributed by atoms with Crippen molar-refractivity contribution in [2.24, 2.45) is 40.4 Å². The molecule has 8 atom stereocenters. The monoisotopic (exact) mass is 438 g/mol. The third kappa shape index (κ3) is 3.68. The van der Waals surface area contributed by atoms with E-state index in [1.54, 1.807) is 0 Å². The molecular formula is C29H42O3. The lowest BCUT2D eigenvalue weighted by molar-refractivity contribution is -0.167. The Morgan fingerprint density at radius 3 is 2.47 bits per heavy atom. The summed E-state index contributed by atoms with van der Waals surface area (Å²) in [5, 5.41) is 11.4. The van der Waals surface area contributed by atoms with E-state index in [1.807, 2.05) is 25.1 Å². The summed E-state index contributed by atoms with van der Waals surface area (Å²) in [6.07, 6.45) is 10.2. The van der Waals surface area contributed by atoms with E-state index >= 15 is 0 Å². The van der Waals surface area contributed by atoms with E-state index < -0.39 is 5.60 Å². The summed E-state index contributed by atoms with van der Waals surface area (Å²) in [6.45, 7) is 7.82. The van der Waals surface area contributed by atoms with Gasteiger partial charge in [-0.1, -0.05) is 44.2 Å². The first-order chi connectivity index (χ1) is 15.3. The zero-order valence-electron chi connectivity index (χ0n) is 20.3. The van der Waals surface area contributed by atoms with Gasteiger partial charge in [0.25, 0.3) is 0 Å². The molecule has 0 bridgehead atoms. The molecule has 0 aromatic heterocycles. The number of fused-ring (bicyclic) bond motifs is 5. The highest BCUT2D eigenvalue weighted by atomic mass is 16.5. The predicted molar refractivity (Wildman–Crippen MR) is 127 cm³/mol. The van der Waals surface area contributed by atoms with Gasteiger partial charge < -0.3 is 9.84 Å². The van der Waals surface area contributed by atoms with Crippen LogP contribution in [0, 0.1) is 40.4 Å². The standard InChI is InChI=1S/C29H42O3/c1-20(30)24-11-12-25-23-10-9-22-17-29(31,19-32-18-21-7-5-4-6-8-21)16-15-27(22,2)26(23)13-14-28(24,25)3/h4-8,22-26,31H,9-19H2,1-3H3/t22?,23?,24-,25?,26?,27+,28-,29-/m1/s1. The van der Waals surface area contributed by atoms with Crippen LogP contribution in [0.5, 0.6) is 0 Å². The number of hydrogen-bond donors (Lipinski definition) is 1. The van der Waals surface area contributed by atoms with Crippen LogP contribution in [0.2, 0.25) is 0 Å². The number of aliphatic hydroxyl groups is 1. The summed E-state index contributed by atoms with van der Waals surface area (Å²) in [4.78, 5) is 12.4. The first kappa shape index (κ1) is 22.6. The highest BCUT2D eigenvalue weighted by molar-refractivity contribution is 5.79. The van der Waals surface area contributed by atoms with Crippen LogP contribution in [0.25, 0.3) is 0 Å². The molecule has 0 amide bonds. The molecule has 1 aromatic rings. The Labute approximate surface area is 194 Å². The van der Waals surface area contributed by atoms with Crippen molar-refractivity contribution in [1.82, 2.24) is 0 Å².